The summed E-state index contributed by atoms with van der Waals surface area (Å²) in [7, 11) is 0. The minimum Gasteiger partial charge on any atom is -0.488 e. The van der Waals surface area contributed by atoms with Crippen LogP contribution in [0, 0.1) is 13.8 Å². The summed E-state index contributed by atoms with van der Waals surface area (Å²) in [6.45, 7) is 4.04. The monoisotopic (exact) mass is 518 g/mol. The summed E-state index contributed by atoms with van der Waals surface area (Å²) >= 11 is 3.63. The van der Waals surface area contributed by atoms with Crippen molar-refractivity contribution in [3.63, 3.8) is 0 Å². The second-order valence-electron chi connectivity index (χ2n) is 8.29. The molecule has 4 N–H and O–H groups in total. The van der Waals surface area contributed by atoms with Crippen molar-refractivity contribution in [3.8, 4) is 5.75 Å². The highest BCUT2D eigenvalue weighted by atomic mass is 79.9. The zero-order valence-corrected chi connectivity index (χ0v) is 20.2. The van der Waals surface area contributed by atoms with Gasteiger partial charge in [-0.2, -0.15) is 0 Å². The Morgan fingerprint density at radius 2 is 1.47 bits per heavy atom. The number of ether oxygens (including phenoxy) is 1. The molecule has 0 aliphatic heterocycles. The van der Waals surface area contributed by atoms with Crippen molar-refractivity contribution in [1.82, 2.24) is 20.4 Å². The Morgan fingerprint density at radius 3 is 2.09 bits per heavy atom. The molecule has 0 bridgehead atoms. The number of benzene rings is 3. The number of hydrogen-bond donors (Lipinski definition) is 4. The molecule has 34 heavy (non-hydrogen) atoms. The third-order valence-electron chi connectivity index (χ3n) is 6.15. The van der Waals surface area contributed by atoms with Gasteiger partial charge in [-0.05, 0) is 63.8 Å². The molecule has 7 nitrogen and oxygen atoms in total. The fourth-order valence-corrected chi connectivity index (χ4v) is 4.98. The van der Waals surface area contributed by atoms with Crippen molar-refractivity contribution >= 4 is 26.7 Å². The number of H-pyrrole nitrogens is 4. The van der Waals surface area contributed by atoms with E-state index in [0.29, 0.717) is 34.9 Å². The summed E-state index contributed by atoms with van der Waals surface area (Å²) in [5, 5.41) is 13.3. The maximum atomic E-state index is 12.6. The molecule has 0 atom stereocenters. The average molecular weight is 519 g/mol. The molecule has 5 aromatic rings. The molecule has 0 amide bonds. The summed E-state index contributed by atoms with van der Waals surface area (Å²) in [6, 6.07) is 20.0. The zero-order chi connectivity index (χ0) is 23.8. The lowest BCUT2D eigenvalue weighted by Crippen LogP contribution is -2.20. The van der Waals surface area contributed by atoms with Gasteiger partial charge in [0.05, 0.1) is 15.6 Å². The molecule has 0 aliphatic carbocycles. The van der Waals surface area contributed by atoms with E-state index in [1.165, 1.54) is 5.39 Å². The first-order valence-corrected chi connectivity index (χ1v) is 11.7. The maximum absolute atomic E-state index is 12.6. The standard InChI is InChI=1S/C26H23BrN4O3/c1-14-22(25(32)30-28-14)24(23-15(2)29-31-26(23)33)17-10-11-21(20(27)12-17)34-13-18-8-5-7-16-6-3-4-9-19(16)18/h3-12,24H,13H2,1-2H3,(H2,28,30,32)(H2,29,31,33). The van der Waals surface area contributed by atoms with Crippen LogP contribution < -0.4 is 15.9 Å². The van der Waals surface area contributed by atoms with E-state index in [9.17, 15) is 9.59 Å². The minimum absolute atomic E-state index is 0.255. The van der Waals surface area contributed by atoms with Crippen LogP contribution in [-0.2, 0) is 6.61 Å². The normalized spacial score (nSPS) is 11.4. The van der Waals surface area contributed by atoms with E-state index in [1.54, 1.807) is 0 Å². The average Bonchev–Trinajstić information content (AvgIpc) is 3.34. The molecule has 0 saturated carbocycles. The van der Waals surface area contributed by atoms with Crippen LogP contribution in [0.1, 0.15) is 39.6 Å². The fourth-order valence-electron chi connectivity index (χ4n) is 4.47. The lowest BCUT2D eigenvalue weighted by molar-refractivity contribution is 0.305. The van der Waals surface area contributed by atoms with E-state index in [2.05, 4.69) is 60.6 Å². The van der Waals surface area contributed by atoms with Gasteiger partial charge < -0.3 is 14.9 Å². The molecule has 8 heteroatoms. The first-order valence-electron chi connectivity index (χ1n) is 10.9. The lowest BCUT2D eigenvalue weighted by Gasteiger charge is -2.18. The predicted octanol–water partition coefficient (Wildman–Crippen LogP) is 5.01. The van der Waals surface area contributed by atoms with Gasteiger partial charge in [0.15, 0.2) is 0 Å². The molecular formula is C26H23BrN4O3. The summed E-state index contributed by atoms with van der Waals surface area (Å²) < 4.78 is 6.89. The van der Waals surface area contributed by atoms with Crippen LogP contribution in [0.25, 0.3) is 10.8 Å². The molecule has 2 aromatic heterocycles. The highest BCUT2D eigenvalue weighted by molar-refractivity contribution is 9.10. The number of fused-ring (bicyclic) bond motifs is 1. The summed E-state index contributed by atoms with van der Waals surface area (Å²) in [6.07, 6.45) is 0. The Bertz CT molecular complexity index is 1550. The van der Waals surface area contributed by atoms with Crippen LogP contribution in [0.3, 0.4) is 0 Å². The van der Waals surface area contributed by atoms with Crippen LogP contribution >= 0.6 is 15.9 Å². The van der Waals surface area contributed by atoms with Gasteiger partial charge in [0.25, 0.3) is 11.1 Å². The number of nitrogens with one attached hydrogen (secondary N) is 4. The Labute approximate surface area is 203 Å². The van der Waals surface area contributed by atoms with E-state index in [0.717, 1.165) is 21.0 Å². The molecule has 0 saturated heterocycles. The van der Waals surface area contributed by atoms with Crippen molar-refractivity contribution in [3.05, 3.63) is 119 Å². The highest BCUT2D eigenvalue weighted by Crippen LogP contribution is 2.36. The van der Waals surface area contributed by atoms with Crippen LogP contribution in [0.2, 0.25) is 0 Å². The number of aromatic amines is 4. The first-order chi connectivity index (χ1) is 16.4. The van der Waals surface area contributed by atoms with Gasteiger partial charge in [0.2, 0.25) is 0 Å². The quantitative estimate of drug-likeness (QED) is 0.253. The SMILES string of the molecule is Cc1[nH][nH]c(=O)c1C(c1ccc(OCc2cccc3ccccc23)c(Br)c1)c1c(C)[nH][nH]c1=O. The molecule has 0 unspecified atom stereocenters. The first kappa shape index (κ1) is 22.0. The van der Waals surface area contributed by atoms with Crippen molar-refractivity contribution in [2.24, 2.45) is 0 Å². The molecule has 0 radical (unpaired) electrons. The molecule has 5 rings (SSSR count). The molecule has 0 fully saturated rings. The van der Waals surface area contributed by atoms with E-state index in [1.807, 2.05) is 50.2 Å². The van der Waals surface area contributed by atoms with Gasteiger partial charge in [0.1, 0.15) is 12.4 Å². The molecule has 172 valence electrons. The summed E-state index contributed by atoms with van der Waals surface area (Å²) in [5.74, 6) is 0.128. The third-order valence-corrected chi connectivity index (χ3v) is 6.77. The Hall–Kier alpha value is -3.78. The largest absolute Gasteiger partial charge is 0.488 e. The molecule has 3 aromatic carbocycles. The number of rotatable bonds is 6. The predicted molar refractivity (Wildman–Crippen MR) is 136 cm³/mol. The van der Waals surface area contributed by atoms with Gasteiger partial charge >= 0.3 is 0 Å². The van der Waals surface area contributed by atoms with E-state index >= 15 is 0 Å². The summed E-state index contributed by atoms with van der Waals surface area (Å²) in [5.41, 5.74) is 3.75. The van der Waals surface area contributed by atoms with Crippen LogP contribution in [-0.4, -0.2) is 20.4 Å². The minimum atomic E-state index is -0.548. The smallest absolute Gasteiger partial charge is 0.268 e. The second-order valence-corrected chi connectivity index (χ2v) is 9.14. The number of hydrogen-bond acceptors (Lipinski definition) is 3. The third kappa shape index (κ3) is 3.90. The molecular weight excluding hydrogens is 496 g/mol. The van der Waals surface area contributed by atoms with Crippen molar-refractivity contribution in [2.75, 3.05) is 0 Å². The van der Waals surface area contributed by atoms with Crippen molar-refractivity contribution in [1.29, 1.82) is 0 Å². The maximum Gasteiger partial charge on any atom is 0.268 e. The number of aryl methyl sites for hydroxylation is 2. The zero-order valence-electron chi connectivity index (χ0n) is 18.7. The van der Waals surface area contributed by atoms with Gasteiger partial charge in [-0.25, -0.2) is 0 Å². The van der Waals surface area contributed by atoms with E-state index in [4.69, 9.17) is 4.74 Å². The summed E-state index contributed by atoms with van der Waals surface area (Å²) in [4.78, 5) is 25.3. The highest BCUT2D eigenvalue weighted by Gasteiger charge is 2.28. The van der Waals surface area contributed by atoms with Gasteiger partial charge in [-0.3, -0.25) is 19.8 Å². The van der Waals surface area contributed by atoms with Gasteiger partial charge in [-0.1, -0.05) is 48.5 Å². The van der Waals surface area contributed by atoms with Gasteiger partial charge in [0, 0.05) is 17.3 Å². The van der Waals surface area contributed by atoms with Crippen LogP contribution in [0.5, 0.6) is 5.75 Å². The lowest BCUT2D eigenvalue weighted by atomic mass is 9.85. The topological polar surface area (TPSA) is 107 Å². The van der Waals surface area contributed by atoms with E-state index in [-0.39, 0.29) is 11.1 Å². The molecule has 2 heterocycles. The van der Waals surface area contributed by atoms with E-state index < -0.39 is 5.92 Å². The number of aromatic nitrogens is 4. The van der Waals surface area contributed by atoms with Crippen LogP contribution in [0.4, 0.5) is 0 Å². The number of halogens is 1. The molecule has 0 aliphatic rings. The second kappa shape index (κ2) is 8.87. The Balaban J connectivity index is 1.51. The van der Waals surface area contributed by atoms with Crippen molar-refractivity contribution in [2.45, 2.75) is 26.4 Å². The van der Waals surface area contributed by atoms with Crippen molar-refractivity contribution < 1.29 is 4.74 Å². The van der Waals surface area contributed by atoms with Gasteiger partial charge in [-0.15, -0.1) is 0 Å². The van der Waals surface area contributed by atoms with Crippen LogP contribution in [0.15, 0.2) is 74.7 Å². The fraction of sp³-hybridized carbons (Fsp3) is 0.154. The molecule has 0 spiro atoms. The Morgan fingerprint density at radius 1 is 0.824 bits per heavy atom. The Kier molecular flexibility index (Phi) is 5.75.